The third-order valence-corrected chi connectivity index (χ3v) is 2.12. The predicted octanol–water partition coefficient (Wildman–Crippen LogP) is 2.82. The SMILES string of the molecule is CC1=CC(C(C)(C)C)=NC1C. The average Bonchev–Trinajstić information content (AvgIpc) is 2.11. The van der Waals surface area contributed by atoms with Crippen LogP contribution in [0, 0.1) is 5.41 Å². The highest BCUT2D eigenvalue weighted by Gasteiger charge is 2.22. The van der Waals surface area contributed by atoms with Crippen LogP contribution in [0.5, 0.6) is 0 Å². The van der Waals surface area contributed by atoms with Crippen LogP contribution in [0.4, 0.5) is 0 Å². The summed E-state index contributed by atoms with van der Waals surface area (Å²) < 4.78 is 0. The Morgan fingerprint density at radius 1 is 1.36 bits per heavy atom. The first-order valence-electron chi connectivity index (χ1n) is 4.18. The molecule has 1 nitrogen and oxygen atoms in total. The van der Waals surface area contributed by atoms with Crippen LogP contribution >= 0.6 is 0 Å². The summed E-state index contributed by atoms with van der Waals surface area (Å²) >= 11 is 0. The van der Waals surface area contributed by atoms with Crippen LogP contribution in [-0.4, -0.2) is 11.8 Å². The van der Waals surface area contributed by atoms with Gasteiger partial charge in [0, 0.05) is 11.1 Å². The van der Waals surface area contributed by atoms with E-state index in [-0.39, 0.29) is 5.41 Å². The van der Waals surface area contributed by atoms with E-state index >= 15 is 0 Å². The maximum absolute atomic E-state index is 4.56. The molecule has 1 heteroatoms. The predicted molar refractivity (Wildman–Crippen MR) is 50.1 cm³/mol. The number of rotatable bonds is 0. The Balaban J connectivity index is 2.87. The van der Waals surface area contributed by atoms with Gasteiger partial charge in [-0.2, -0.15) is 0 Å². The normalized spacial score (nSPS) is 25.0. The van der Waals surface area contributed by atoms with Crippen molar-refractivity contribution < 1.29 is 0 Å². The molecule has 0 aliphatic carbocycles. The molecular formula is C10H17N. The van der Waals surface area contributed by atoms with Gasteiger partial charge in [-0.3, -0.25) is 4.99 Å². The quantitative estimate of drug-likeness (QED) is 0.505. The second-order valence-electron chi connectivity index (χ2n) is 4.33. The van der Waals surface area contributed by atoms with Crippen molar-refractivity contribution in [2.75, 3.05) is 0 Å². The molecular weight excluding hydrogens is 134 g/mol. The molecule has 0 spiro atoms. The molecule has 0 fully saturated rings. The van der Waals surface area contributed by atoms with Crippen molar-refractivity contribution in [2.24, 2.45) is 10.4 Å². The third kappa shape index (κ3) is 1.70. The standard InChI is InChI=1S/C10H17N/c1-7-6-9(10(3,4)5)11-8(7)2/h6,8H,1-5H3. The lowest BCUT2D eigenvalue weighted by Gasteiger charge is -2.16. The van der Waals surface area contributed by atoms with Crippen molar-refractivity contribution in [3.05, 3.63) is 11.6 Å². The third-order valence-electron chi connectivity index (χ3n) is 2.12. The molecule has 0 N–H and O–H groups in total. The molecule has 1 rings (SSSR count). The van der Waals surface area contributed by atoms with Gasteiger partial charge in [0.25, 0.3) is 0 Å². The van der Waals surface area contributed by atoms with Gasteiger partial charge in [0.15, 0.2) is 0 Å². The summed E-state index contributed by atoms with van der Waals surface area (Å²) in [6, 6.07) is 0.407. The Kier molecular flexibility index (Phi) is 1.91. The summed E-state index contributed by atoms with van der Waals surface area (Å²) in [5, 5.41) is 0. The second-order valence-corrected chi connectivity index (χ2v) is 4.33. The van der Waals surface area contributed by atoms with Crippen LogP contribution in [0.2, 0.25) is 0 Å². The molecule has 0 saturated heterocycles. The van der Waals surface area contributed by atoms with E-state index < -0.39 is 0 Å². The highest BCUT2D eigenvalue weighted by molar-refractivity contribution is 6.01. The summed E-state index contributed by atoms with van der Waals surface area (Å²) in [7, 11) is 0. The van der Waals surface area contributed by atoms with Crippen molar-refractivity contribution in [1.29, 1.82) is 0 Å². The molecule has 1 heterocycles. The molecule has 0 bridgehead atoms. The zero-order valence-electron chi connectivity index (χ0n) is 8.10. The van der Waals surface area contributed by atoms with E-state index in [1.165, 1.54) is 11.3 Å². The first kappa shape index (κ1) is 8.51. The van der Waals surface area contributed by atoms with Crippen molar-refractivity contribution in [1.82, 2.24) is 0 Å². The molecule has 0 radical (unpaired) electrons. The first-order chi connectivity index (χ1) is 4.91. The monoisotopic (exact) mass is 151 g/mol. The molecule has 0 aromatic rings. The van der Waals surface area contributed by atoms with Gasteiger partial charge in [-0.1, -0.05) is 20.8 Å². The molecule has 62 valence electrons. The van der Waals surface area contributed by atoms with Crippen molar-refractivity contribution in [2.45, 2.75) is 40.7 Å². The van der Waals surface area contributed by atoms with Crippen LogP contribution in [0.25, 0.3) is 0 Å². The van der Waals surface area contributed by atoms with Crippen LogP contribution in [0.15, 0.2) is 16.6 Å². The van der Waals surface area contributed by atoms with Gasteiger partial charge in [0.2, 0.25) is 0 Å². The molecule has 0 aromatic heterocycles. The highest BCUT2D eigenvalue weighted by atomic mass is 14.8. The highest BCUT2D eigenvalue weighted by Crippen LogP contribution is 2.25. The average molecular weight is 151 g/mol. The number of hydrogen-bond donors (Lipinski definition) is 0. The van der Waals surface area contributed by atoms with Gasteiger partial charge >= 0.3 is 0 Å². The van der Waals surface area contributed by atoms with Crippen molar-refractivity contribution in [3.8, 4) is 0 Å². The minimum atomic E-state index is 0.214. The lowest BCUT2D eigenvalue weighted by atomic mass is 9.90. The zero-order valence-corrected chi connectivity index (χ0v) is 8.10. The van der Waals surface area contributed by atoms with Crippen molar-refractivity contribution in [3.63, 3.8) is 0 Å². The fraction of sp³-hybridized carbons (Fsp3) is 0.700. The Morgan fingerprint density at radius 3 is 2.09 bits per heavy atom. The van der Waals surface area contributed by atoms with Gasteiger partial charge in [-0.05, 0) is 25.5 Å². The summed E-state index contributed by atoms with van der Waals surface area (Å²) in [4.78, 5) is 4.56. The molecule has 0 saturated carbocycles. The van der Waals surface area contributed by atoms with E-state index in [2.05, 4.69) is 45.7 Å². The zero-order chi connectivity index (χ0) is 8.65. The largest absolute Gasteiger partial charge is 0.282 e. The smallest absolute Gasteiger partial charge is 0.0685 e. The Morgan fingerprint density at radius 2 is 1.91 bits per heavy atom. The van der Waals surface area contributed by atoms with Gasteiger partial charge < -0.3 is 0 Å². The van der Waals surface area contributed by atoms with Crippen LogP contribution in [-0.2, 0) is 0 Å². The molecule has 1 unspecified atom stereocenters. The number of aliphatic imine (C=N–C) groups is 1. The fourth-order valence-corrected chi connectivity index (χ4v) is 1.09. The van der Waals surface area contributed by atoms with Crippen LogP contribution in [0.1, 0.15) is 34.6 Å². The molecule has 1 atom stereocenters. The van der Waals surface area contributed by atoms with Crippen LogP contribution < -0.4 is 0 Å². The van der Waals surface area contributed by atoms with Gasteiger partial charge in [0.1, 0.15) is 0 Å². The summed E-state index contributed by atoms with van der Waals surface area (Å²) in [6.07, 6.45) is 2.21. The maximum atomic E-state index is 4.56. The van der Waals surface area contributed by atoms with Gasteiger partial charge in [0.05, 0.1) is 6.04 Å². The van der Waals surface area contributed by atoms with Crippen molar-refractivity contribution >= 4 is 5.71 Å². The Bertz CT molecular complexity index is 216. The summed E-state index contributed by atoms with van der Waals surface area (Å²) in [5.74, 6) is 0. The van der Waals surface area contributed by atoms with E-state index in [1.54, 1.807) is 0 Å². The molecule has 0 aromatic carbocycles. The fourth-order valence-electron chi connectivity index (χ4n) is 1.09. The lowest BCUT2D eigenvalue weighted by molar-refractivity contribution is 0.592. The van der Waals surface area contributed by atoms with Crippen LogP contribution in [0.3, 0.4) is 0 Å². The Labute approximate surface area is 69.2 Å². The maximum Gasteiger partial charge on any atom is 0.0685 e. The van der Waals surface area contributed by atoms with E-state index in [9.17, 15) is 0 Å². The molecule has 0 amide bonds. The number of allylic oxidation sites excluding steroid dienone is 1. The number of hydrogen-bond acceptors (Lipinski definition) is 1. The van der Waals surface area contributed by atoms with E-state index in [1.807, 2.05) is 0 Å². The first-order valence-corrected chi connectivity index (χ1v) is 4.18. The number of nitrogens with zero attached hydrogens (tertiary/aromatic N) is 1. The molecule has 11 heavy (non-hydrogen) atoms. The minimum absolute atomic E-state index is 0.214. The van der Waals surface area contributed by atoms with E-state index in [4.69, 9.17) is 0 Å². The van der Waals surface area contributed by atoms with E-state index in [0.29, 0.717) is 6.04 Å². The van der Waals surface area contributed by atoms with Gasteiger partial charge in [-0.25, -0.2) is 0 Å². The van der Waals surface area contributed by atoms with E-state index in [0.717, 1.165) is 0 Å². The minimum Gasteiger partial charge on any atom is -0.282 e. The van der Waals surface area contributed by atoms with Gasteiger partial charge in [-0.15, -0.1) is 0 Å². The Hall–Kier alpha value is -0.590. The lowest BCUT2D eigenvalue weighted by Crippen LogP contribution is -2.16. The second kappa shape index (κ2) is 2.47. The molecule has 1 aliphatic rings. The topological polar surface area (TPSA) is 12.4 Å². The summed E-state index contributed by atoms with van der Waals surface area (Å²) in [6.45, 7) is 10.9. The molecule has 1 aliphatic heterocycles. The summed E-state index contributed by atoms with van der Waals surface area (Å²) in [5.41, 5.74) is 2.84.